The minimum atomic E-state index is -2.73. The van der Waals surface area contributed by atoms with E-state index < -0.39 is 24.8 Å². The number of ether oxygens (including phenoxy) is 1. The quantitative estimate of drug-likeness (QED) is 0.0787. The van der Waals surface area contributed by atoms with E-state index in [0.717, 1.165) is 105 Å². The van der Waals surface area contributed by atoms with Gasteiger partial charge < -0.3 is 34.2 Å². The van der Waals surface area contributed by atoms with Crippen LogP contribution in [0.1, 0.15) is 55.5 Å². The van der Waals surface area contributed by atoms with Crippen LogP contribution in [0.4, 0.5) is 28.8 Å². The van der Waals surface area contributed by atoms with E-state index >= 15 is 0 Å². The average molecular weight is 980 g/mol. The summed E-state index contributed by atoms with van der Waals surface area (Å²) in [5.74, 6) is 0.252. The number of oxazole rings is 1. The Morgan fingerprint density at radius 2 is 1.71 bits per heavy atom. The van der Waals surface area contributed by atoms with Crippen LogP contribution in [-0.2, 0) is 27.0 Å². The van der Waals surface area contributed by atoms with E-state index in [4.69, 9.17) is 14.1 Å². The monoisotopic (exact) mass is 978 g/mol. The molecule has 3 aliphatic heterocycles. The van der Waals surface area contributed by atoms with Crippen LogP contribution in [-0.4, -0.2) is 113 Å². The highest BCUT2D eigenvalue weighted by molar-refractivity contribution is 9.10. The second-order valence-corrected chi connectivity index (χ2v) is 21.9. The molecule has 9 rings (SSSR count). The predicted molar refractivity (Wildman–Crippen MR) is 263 cm³/mol. The molecular formula is C48H56BrN10O6P. The van der Waals surface area contributed by atoms with Crippen molar-refractivity contribution in [3.63, 3.8) is 0 Å². The van der Waals surface area contributed by atoms with Gasteiger partial charge in [0.1, 0.15) is 24.8 Å². The third kappa shape index (κ3) is 9.49. The number of hydrogen-bond acceptors (Lipinski definition) is 14. The molecule has 18 heteroatoms. The van der Waals surface area contributed by atoms with Gasteiger partial charge >= 0.3 is 5.76 Å². The number of aromatic nitrogens is 4. The smallest absolute Gasteiger partial charge is 0.420 e. The largest absolute Gasteiger partial charge is 0.494 e. The number of fused-ring (bicyclic) bond motifs is 2. The summed E-state index contributed by atoms with van der Waals surface area (Å²) in [5, 5.41) is 10.8. The van der Waals surface area contributed by atoms with Crippen LogP contribution in [0, 0.1) is 6.92 Å². The molecule has 3 aromatic heterocycles. The normalized spacial score (nSPS) is 18.0. The number of anilines is 5. The van der Waals surface area contributed by atoms with Gasteiger partial charge in [-0.3, -0.25) is 29.4 Å². The second-order valence-electron chi connectivity index (χ2n) is 17.9. The number of carbonyl (C=O) groups is 2. The average Bonchev–Trinajstić information content (AvgIpc) is 3.63. The molecule has 0 aliphatic carbocycles. The van der Waals surface area contributed by atoms with E-state index in [1.165, 1.54) is 15.8 Å². The molecule has 3 aromatic carbocycles. The second kappa shape index (κ2) is 18.9. The van der Waals surface area contributed by atoms with Crippen molar-refractivity contribution in [1.82, 2.24) is 34.6 Å². The van der Waals surface area contributed by atoms with Crippen LogP contribution in [0.15, 0.2) is 74.5 Å². The van der Waals surface area contributed by atoms with Crippen molar-refractivity contribution in [3.05, 3.63) is 92.6 Å². The Balaban J connectivity index is 0.810. The molecule has 1 atom stereocenters. The molecule has 346 valence electrons. The Hall–Kier alpha value is -5.61. The summed E-state index contributed by atoms with van der Waals surface area (Å²) in [6.45, 7) is 14.5. The Bertz CT molecular complexity index is 2940. The fourth-order valence-electron chi connectivity index (χ4n) is 9.76. The van der Waals surface area contributed by atoms with Gasteiger partial charge in [0.05, 0.1) is 34.0 Å². The Morgan fingerprint density at radius 3 is 2.44 bits per heavy atom. The third-order valence-corrected chi connectivity index (χ3v) is 15.3. The summed E-state index contributed by atoms with van der Waals surface area (Å²) in [6, 6.07) is 17.5. The molecule has 0 spiro atoms. The Kier molecular flexibility index (Phi) is 13.1. The molecule has 66 heavy (non-hydrogen) atoms. The number of piperazine rings is 1. The van der Waals surface area contributed by atoms with Crippen molar-refractivity contribution in [3.8, 4) is 5.75 Å². The summed E-state index contributed by atoms with van der Waals surface area (Å²) in [6.07, 6.45) is 5.96. The molecule has 0 saturated carbocycles. The van der Waals surface area contributed by atoms with E-state index in [0.29, 0.717) is 44.8 Å². The van der Waals surface area contributed by atoms with Gasteiger partial charge in [-0.1, -0.05) is 19.1 Å². The van der Waals surface area contributed by atoms with Gasteiger partial charge in [0.15, 0.2) is 5.58 Å². The first kappa shape index (κ1) is 45.5. The van der Waals surface area contributed by atoms with Crippen molar-refractivity contribution in [2.24, 2.45) is 0 Å². The molecular weight excluding hydrogens is 923 g/mol. The lowest BCUT2D eigenvalue weighted by molar-refractivity contribution is -0.135. The zero-order valence-corrected chi connectivity index (χ0v) is 40.5. The van der Waals surface area contributed by atoms with Gasteiger partial charge in [-0.15, -0.1) is 0 Å². The first-order valence-electron chi connectivity index (χ1n) is 22.7. The Labute approximate surface area is 392 Å². The van der Waals surface area contributed by atoms with Crippen LogP contribution >= 0.6 is 23.1 Å². The molecule has 3 saturated heterocycles. The summed E-state index contributed by atoms with van der Waals surface area (Å²) >= 11 is 3.62. The number of piperidine rings is 2. The zero-order valence-electron chi connectivity index (χ0n) is 38.0. The standard InChI is InChI=1S/C48H56BrN10O6P/c1-6-31-26-37(53-47-50-28-34(49)45(55-47)52-36-11-10-35-33(9-7-29(2)51-35)44(36)66(4,5)63)42(64-3)27-39(31)58-19-16-32(17-20-58)57-23-21-56(22-24-57)18-15-30-8-13-41-40(25-30)59(48(62)65-41)38-12-14-43(60)54-46(38)61/h7-11,13,25-28,32,38H,6,12,14-24H2,1-5H3,(H,54,60,61)(H2,50,52,53,55). The maximum atomic E-state index is 13.7. The minimum Gasteiger partial charge on any atom is -0.494 e. The van der Waals surface area contributed by atoms with E-state index in [9.17, 15) is 18.9 Å². The number of amides is 2. The number of hydrogen-bond donors (Lipinski definition) is 3. The molecule has 3 N–H and O–H groups in total. The van der Waals surface area contributed by atoms with Gasteiger partial charge in [0.2, 0.25) is 17.8 Å². The van der Waals surface area contributed by atoms with Gasteiger partial charge in [-0.05, 0) is 116 Å². The summed E-state index contributed by atoms with van der Waals surface area (Å²) in [7, 11) is -1.05. The highest BCUT2D eigenvalue weighted by atomic mass is 79.9. The van der Waals surface area contributed by atoms with Crippen molar-refractivity contribution < 1.29 is 23.3 Å². The minimum absolute atomic E-state index is 0.188. The van der Waals surface area contributed by atoms with Crippen LogP contribution in [0.25, 0.3) is 22.0 Å². The number of aryl methyl sites for hydroxylation is 2. The topological polar surface area (TPSA) is 180 Å². The number of carbonyl (C=O) groups excluding carboxylic acids is 2. The number of nitrogens with zero attached hydrogens (tertiary/aromatic N) is 7. The molecule has 6 aromatic rings. The molecule has 0 bridgehead atoms. The maximum absolute atomic E-state index is 13.7. The van der Waals surface area contributed by atoms with Crippen LogP contribution in [0.3, 0.4) is 0 Å². The van der Waals surface area contributed by atoms with Crippen molar-refractivity contribution in [2.45, 2.75) is 64.5 Å². The number of rotatable bonds is 13. The van der Waals surface area contributed by atoms with Crippen molar-refractivity contribution >= 4 is 91.0 Å². The summed E-state index contributed by atoms with van der Waals surface area (Å²) in [4.78, 5) is 58.8. The van der Waals surface area contributed by atoms with Crippen LogP contribution in [0.5, 0.6) is 5.75 Å². The number of halogens is 1. The van der Waals surface area contributed by atoms with Crippen molar-refractivity contribution in [2.75, 3.05) is 81.8 Å². The Morgan fingerprint density at radius 1 is 0.924 bits per heavy atom. The van der Waals surface area contributed by atoms with Gasteiger partial charge in [-0.25, -0.2) is 9.78 Å². The van der Waals surface area contributed by atoms with Gasteiger partial charge in [-0.2, -0.15) is 4.98 Å². The highest BCUT2D eigenvalue weighted by Gasteiger charge is 2.32. The molecule has 2 amide bonds. The SMILES string of the molecule is CCc1cc(Nc2ncc(Br)c(Nc3ccc4nc(C)ccc4c3P(C)(C)=O)n2)c(OC)cc1N1CCC(N2CCN(CCc3ccc4oc(=O)n(C5CCC(=O)NC5=O)c4c3)CC2)CC1. The van der Waals surface area contributed by atoms with Gasteiger partial charge in [0, 0.05) is 92.6 Å². The first-order valence-corrected chi connectivity index (χ1v) is 26.1. The summed E-state index contributed by atoms with van der Waals surface area (Å²) in [5.41, 5.74) is 7.67. The number of benzene rings is 3. The zero-order chi connectivity index (χ0) is 46.3. The van der Waals surface area contributed by atoms with E-state index in [-0.39, 0.29) is 18.7 Å². The van der Waals surface area contributed by atoms with E-state index in [1.807, 2.05) is 43.3 Å². The lowest BCUT2D eigenvalue weighted by Crippen LogP contribution is -2.53. The molecule has 3 aliphatic rings. The fraction of sp³-hybridized carbons (Fsp3) is 0.417. The number of pyridine rings is 1. The van der Waals surface area contributed by atoms with E-state index in [1.54, 1.807) is 32.7 Å². The number of nitrogens with one attached hydrogen (secondary N) is 3. The fourth-order valence-corrected chi connectivity index (χ4v) is 11.5. The molecule has 6 heterocycles. The summed E-state index contributed by atoms with van der Waals surface area (Å²) < 4.78 is 27.2. The van der Waals surface area contributed by atoms with Crippen LogP contribution in [0.2, 0.25) is 0 Å². The number of methoxy groups -OCH3 is 1. The maximum Gasteiger partial charge on any atom is 0.420 e. The van der Waals surface area contributed by atoms with Gasteiger partial charge in [0.25, 0.3) is 0 Å². The molecule has 3 fully saturated rings. The highest BCUT2D eigenvalue weighted by Crippen LogP contribution is 2.42. The number of imide groups is 1. The molecule has 1 unspecified atom stereocenters. The molecule has 0 radical (unpaired) electrons. The lowest BCUT2D eigenvalue weighted by Gasteiger charge is -2.43. The van der Waals surface area contributed by atoms with Crippen molar-refractivity contribution in [1.29, 1.82) is 0 Å². The van der Waals surface area contributed by atoms with E-state index in [2.05, 4.69) is 75.6 Å². The predicted octanol–water partition coefficient (Wildman–Crippen LogP) is 7.12. The van der Waals surface area contributed by atoms with Crippen LogP contribution < -0.4 is 36.6 Å². The lowest BCUT2D eigenvalue weighted by atomic mass is 9.99. The molecule has 16 nitrogen and oxygen atoms in total. The first-order chi connectivity index (χ1) is 31.8. The third-order valence-electron chi connectivity index (χ3n) is 13.2.